The Balaban J connectivity index is -0.000000231. The summed E-state index contributed by atoms with van der Waals surface area (Å²) in [5, 5.41) is 30.1. The molecular weight excluding hydrogens is 556 g/mol. The maximum atomic E-state index is 10.0. The van der Waals surface area contributed by atoms with E-state index in [2.05, 4.69) is 20.8 Å². The third kappa shape index (κ3) is 68.1. The summed E-state index contributed by atoms with van der Waals surface area (Å²) in [7, 11) is 0. The summed E-state index contributed by atoms with van der Waals surface area (Å²) in [4.78, 5) is 30.1. The quantitative estimate of drug-likeness (QED) is 0.0841. The van der Waals surface area contributed by atoms with Crippen LogP contribution < -0.4 is 15.3 Å². The minimum absolute atomic E-state index is 0.230. The molecule has 0 bridgehead atoms. The Morgan fingerprint density at radius 1 is 0.463 bits per heavy atom. The Labute approximate surface area is 265 Å². The van der Waals surface area contributed by atoms with Crippen LogP contribution in [0.25, 0.3) is 0 Å². The van der Waals surface area contributed by atoms with Crippen LogP contribution in [0.15, 0.2) is 0 Å². The molecule has 0 saturated carbocycles. The van der Waals surface area contributed by atoms with Crippen molar-refractivity contribution in [3.05, 3.63) is 0 Å². The van der Waals surface area contributed by atoms with Crippen molar-refractivity contribution in [1.82, 2.24) is 0 Å². The maximum absolute atomic E-state index is 10.0. The van der Waals surface area contributed by atoms with Crippen LogP contribution >= 0.6 is 0 Å². The van der Waals surface area contributed by atoms with Gasteiger partial charge in [-0.15, -0.1) is 0 Å². The third-order valence-corrected chi connectivity index (χ3v) is 6.93. The first kappa shape index (κ1) is 47.0. The van der Waals surface area contributed by atoms with Crippen LogP contribution in [0.3, 0.4) is 0 Å². The van der Waals surface area contributed by atoms with Crippen LogP contribution in [0, 0.1) is 0 Å². The van der Waals surface area contributed by atoms with Gasteiger partial charge in [-0.3, -0.25) is 0 Å². The molecular formula is C33H64O7Ti. The van der Waals surface area contributed by atoms with Crippen molar-refractivity contribution in [3.8, 4) is 0 Å². The van der Waals surface area contributed by atoms with Crippen LogP contribution in [0.2, 0.25) is 0 Å². The number of hydrogen-bond donors (Lipinski definition) is 0. The first-order valence-electron chi connectivity index (χ1n) is 16.5. The fraction of sp³-hybridized carbons (Fsp3) is 0.909. The van der Waals surface area contributed by atoms with E-state index in [4.69, 9.17) is 3.32 Å². The Morgan fingerprint density at radius 3 is 0.780 bits per heavy atom. The second-order valence-electron chi connectivity index (χ2n) is 10.9. The number of carbonyl (C=O) groups excluding carboxylic acids is 3. The second kappa shape index (κ2) is 43.5. The van der Waals surface area contributed by atoms with Gasteiger partial charge in [0.25, 0.3) is 0 Å². The molecule has 0 aromatic heterocycles. The zero-order valence-electron chi connectivity index (χ0n) is 27.4. The number of carbonyl (C=O) groups is 3. The Morgan fingerprint density at radius 2 is 0.634 bits per heavy atom. The minimum atomic E-state index is -0.913. The molecule has 0 aliphatic carbocycles. The molecule has 0 radical (unpaired) electrons. The number of rotatable bonds is 25. The molecule has 0 heterocycles. The van der Waals surface area contributed by atoms with Crippen molar-refractivity contribution >= 4 is 17.9 Å². The SMILES string of the molecule is CC(C)[O][Ti+3].CCCCCCCCCC(=O)[O-].CCCCCCCCCC(=O)[O-].CCCCCCCCCC(=O)[O-]. The molecule has 0 fully saturated rings. The normalized spacial score (nSPS) is 10.0. The van der Waals surface area contributed by atoms with Gasteiger partial charge >= 0.3 is 44.1 Å². The summed E-state index contributed by atoms with van der Waals surface area (Å²) in [6.07, 6.45) is 25.4. The van der Waals surface area contributed by atoms with E-state index in [9.17, 15) is 29.7 Å². The first-order chi connectivity index (χ1) is 19.6. The van der Waals surface area contributed by atoms with Crippen LogP contribution in [0.4, 0.5) is 0 Å². The van der Waals surface area contributed by atoms with E-state index in [0.29, 0.717) is 6.10 Å². The standard InChI is InChI=1S/3C10H20O2.C3H7O.Ti/c3*1-2-3-4-5-6-7-8-9-10(11)12;1-3(2)4;/h3*2-9H2,1H3,(H,11,12);3H,1-2H3;/q;;;-1;+4/p-3. The molecule has 242 valence electrons. The average molecular weight is 621 g/mol. The molecule has 41 heavy (non-hydrogen) atoms. The summed E-state index contributed by atoms with van der Waals surface area (Å²) in [5.41, 5.74) is 0. The van der Waals surface area contributed by atoms with Gasteiger partial charge in [-0.2, -0.15) is 0 Å². The molecule has 0 rings (SSSR count). The smallest absolute Gasteiger partial charge is 0.0414 e. The number of aliphatic carboxylic acids is 3. The van der Waals surface area contributed by atoms with Gasteiger partial charge < -0.3 is 29.7 Å². The molecule has 0 saturated heterocycles. The number of carboxylic acids is 3. The number of carboxylic acid groups (broad SMARTS) is 3. The molecule has 0 amide bonds. The number of hydrogen-bond acceptors (Lipinski definition) is 7. The van der Waals surface area contributed by atoms with Gasteiger partial charge in [0.15, 0.2) is 0 Å². The zero-order valence-corrected chi connectivity index (χ0v) is 29.0. The van der Waals surface area contributed by atoms with Gasteiger partial charge in [0.2, 0.25) is 0 Å². The Bertz CT molecular complexity index is 461. The van der Waals surface area contributed by atoms with Gasteiger partial charge in [-0.1, -0.05) is 136 Å². The van der Waals surface area contributed by atoms with Gasteiger partial charge in [0.1, 0.15) is 0 Å². The Kier molecular flexibility index (Phi) is 49.9. The number of unbranched alkanes of at least 4 members (excludes halogenated alkanes) is 18. The molecule has 0 atom stereocenters. The predicted molar refractivity (Wildman–Crippen MR) is 159 cm³/mol. The van der Waals surface area contributed by atoms with E-state index in [1.807, 2.05) is 13.8 Å². The Hall–Kier alpha value is -0.916. The van der Waals surface area contributed by atoms with E-state index >= 15 is 0 Å². The summed E-state index contributed by atoms with van der Waals surface area (Å²) in [6.45, 7) is 10.6. The fourth-order valence-electron chi connectivity index (χ4n) is 3.68. The van der Waals surface area contributed by atoms with E-state index in [0.717, 1.165) is 38.5 Å². The monoisotopic (exact) mass is 620 g/mol. The van der Waals surface area contributed by atoms with Crippen molar-refractivity contribution < 1.29 is 53.8 Å². The van der Waals surface area contributed by atoms with Crippen molar-refractivity contribution in [1.29, 1.82) is 0 Å². The van der Waals surface area contributed by atoms with E-state index in [-0.39, 0.29) is 19.3 Å². The topological polar surface area (TPSA) is 130 Å². The van der Waals surface area contributed by atoms with Crippen molar-refractivity contribution in [2.24, 2.45) is 0 Å². The zero-order chi connectivity index (χ0) is 32.0. The molecule has 0 aromatic carbocycles. The fourth-order valence-corrected chi connectivity index (χ4v) is 3.68. The van der Waals surface area contributed by atoms with E-state index in [1.165, 1.54) is 96.3 Å². The van der Waals surface area contributed by atoms with Crippen molar-refractivity contribution in [3.63, 3.8) is 0 Å². The van der Waals surface area contributed by atoms with Crippen molar-refractivity contribution in [2.45, 2.75) is 195 Å². The van der Waals surface area contributed by atoms with Crippen LogP contribution in [-0.2, 0) is 38.5 Å². The molecule has 0 aromatic rings. The molecule has 0 aliphatic heterocycles. The molecule has 0 aliphatic rings. The first-order valence-corrected chi connectivity index (χ1v) is 17.1. The third-order valence-electron chi connectivity index (χ3n) is 6.19. The summed E-state index contributed by atoms with van der Waals surface area (Å²) in [5.74, 6) is -2.74. The summed E-state index contributed by atoms with van der Waals surface area (Å²) in [6, 6.07) is 0. The van der Waals surface area contributed by atoms with Crippen LogP contribution in [-0.4, -0.2) is 24.0 Å². The van der Waals surface area contributed by atoms with Gasteiger partial charge in [-0.05, 0) is 38.5 Å². The maximum Gasteiger partial charge on any atom is 0.0414 e. The van der Waals surface area contributed by atoms with Gasteiger partial charge in [0.05, 0.1) is 0 Å². The van der Waals surface area contributed by atoms with Crippen LogP contribution in [0.1, 0.15) is 189 Å². The van der Waals surface area contributed by atoms with Crippen LogP contribution in [0.5, 0.6) is 0 Å². The summed E-state index contributed by atoms with van der Waals surface area (Å²) < 4.78 is 4.75. The second-order valence-corrected chi connectivity index (χ2v) is 11.3. The minimum Gasteiger partial charge on any atom is -0.550 e. The molecule has 0 spiro atoms. The predicted octanol–water partition coefficient (Wildman–Crippen LogP) is 6.50. The average Bonchev–Trinajstić information content (AvgIpc) is 2.92. The van der Waals surface area contributed by atoms with Crippen molar-refractivity contribution in [2.75, 3.05) is 0 Å². The van der Waals surface area contributed by atoms with E-state index in [1.54, 1.807) is 20.8 Å². The molecule has 0 N–H and O–H groups in total. The van der Waals surface area contributed by atoms with Gasteiger partial charge in [-0.25, -0.2) is 0 Å². The summed E-state index contributed by atoms with van der Waals surface area (Å²) >= 11 is 1.70. The molecule has 8 heteroatoms. The van der Waals surface area contributed by atoms with E-state index < -0.39 is 17.9 Å². The largest absolute Gasteiger partial charge is 0.550 e. The molecule has 0 unspecified atom stereocenters. The van der Waals surface area contributed by atoms with Gasteiger partial charge in [0, 0.05) is 17.9 Å². The molecule has 7 nitrogen and oxygen atoms in total.